The number of hydrogen-bond donors (Lipinski definition) is 0. The lowest BCUT2D eigenvalue weighted by Crippen LogP contribution is -2.41. The number of benzene rings is 2. The van der Waals surface area contributed by atoms with Crippen molar-refractivity contribution in [1.29, 1.82) is 0 Å². The molecule has 33 heavy (non-hydrogen) atoms. The summed E-state index contributed by atoms with van der Waals surface area (Å²) in [6.45, 7) is 2.12. The Morgan fingerprint density at radius 2 is 1.82 bits per heavy atom. The number of nitrogens with zero attached hydrogens (tertiary/aromatic N) is 2. The van der Waals surface area contributed by atoms with Gasteiger partial charge in [-0.3, -0.25) is 14.5 Å². The quantitative estimate of drug-likeness (QED) is 0.513. The maximum atomic E-state index is 13.8. The van der Waals surface area contributed by atoms with E-state index in [0.717, 1.165) is 12.8 Å². The Morgan fingerprint density at radius 3 is 2.61 bits per heavy atom. The van der Waals surface area contributed by atoms with Gasteiger partial charge >= 0.3 is 0 Å². The Kier molecular flexibility index (Phi) is 4.62. The van der Waals surface area contributed by atoms with Crippen molar-refractivity contribution < 1.29 is 23.1 Å². The number of anilines is 1. The molecule has 1 fully saturated rings. The van der Waals surface area contributed by atoms with Crippen LogP contribution in [0.4, 0.5) is 13.9 Å². The average Bonchev–Trinajstić information content (AvgIpc) is 3.33. The molecule has 0 saturated heterocycles. The van der Waals surface area contributed by atoms with Gasteiger partial charge in [0.25, 0.3) is 5.91 Å². The van der Waals surface area contributed by atoms with Crippen LogP contribution in [0.1, 0.15) is 37.8 Å². The number of halogens is 2. The molecule has 1 saturated carbocycles. The Balaban J connectivity index is 1.50. The van der Waals surface area contributed by atoms with Gasteiger partial charge in [0.2, 0.25) is 0 Å². The van der Waals surface area contributed by atoms with Crippen molar-refractivity contribution in [3.63, 3.8) is 0 Å². The van der Waals surface area contributed by atoms with Crippen LogP contribution in [0, 0.1) is 23.5 Å². The molecule has 1 aliphatic carbocycles. The number of carbonyl (C=O) groups is 2. The number of fused-ring (bicyclic) bond motifs is 2. The number of aromatic nitrogens is 1. The number of thiazole rings is 1. The van der Waals surface area contributed by atoms with E-state index < -0.39 is 23.6 Å². The minimum Gasteiger partial charge on any atom is -0.483 e. The van der Waals surface area contributed by atoms with Crippen LogP contribution in [-0.2, 0) is 14.3 Å². The van der Waals surface area contributed by atoms with E-state index in [4.69, 9.17) is 4.74 Å². The molecule has 3 aromatic rings. The lowest BCUT2D eigenvalue weighted by Gasteiger charge is -2.37. The monoisotopic (exact) mass is 466 g/mol. The lowest BCUT2D eigenvalue weighted by molar-refractivity contribution is -0.132. The number of rotatable bonds is 2. The van der Waals surface area contributed by atoms with Gasteiger partial charge < -0.3 is 4.74 Å². The highest BCUT2D eigenvalue weighted by Crippen LogP contribution is 2.49. The topological polar surface area (TPSA) is 59.5 Å². The molecule has 0 bridgehead atoms. The van der Waals surface area contributed by atoms with Gasteiger partial charge in [0, 0.05) is 0 Å². The van der Waals surface area contributed by atoms with Gasteiger partial charge in [0.15, 0.2) is 16.7 Å². The molecule has 6 rings (SSSR count). The first-order valence-corrected chi connectivity index (χ1v) is 11.8. The van der Waals surface area contributed by atoms with Gasteiger partial charge in [0.05, 0.1) is 27.7 Å². The van der Waals surface area contributed by atoms with E-state index >= 15 is 0 Å². The van der Waals surface area contributed by atoms with Crippen LogP contribution in [0.15, 0.2) is 53.8 Å². The summed E-state index contributed by atoms with van der Waals surface area (Å²) in [5.41, 5.74) is 1.47. The molecular weight excluding hydrogens is 446 g/mol. The van der Waals surface area contributed by atoms with E-state index in [1.54, 1.807) is 18.2 Å². The second-order valence-corrected chi connectivity index (χ2v) is 10.0. The number of Topliss-reactive ketones (excluding diaryl/α,β-unsaturated/α-hetero) is 1. The van der Waals surface area contributed by atoms with Crippen LogP contribution in [0.3, 0.4) is 0 Å². The minimum absolute atomic E-state index is 0.0653. The predicted octanol–water partition coefficient (Wildman–Crippen LogP) is 5.32. The van der Waals surface area contributed by atoms with Crippen LogP contribution in [0.25, 0.3) is 10.2 Å². The molecule has 1 aromatic heterocycles. The summed E-state index contributed by atoms with van der Waals surface area (Å²) in [6.07, 6.45) is 2.07. The van der Waals surface area contributed by atoms with E-state index in [0.29, 0.717) is 38.8 Å². The molecular formula is C25H20F2N2O3S. The summed E-state index contributed by atoms with van der Waals surface area (Å²) in [4.78, 5) is 33.3. The molecule has 2 aliphatic heterocycles. The molecule has 0 radical (unpaired) electrons. The largest absolute Gasteiger partial charge is 0.483 e. The highest BCUT2D eigenvalue weighted by molar-refractivity contribution is 7.22. The highest BCUT2D eigenvalue weighted by atomic mass is 32.1. The van der Waals surface area contributed by atoms with Crippen molar-refractivity contribution in [3.8, 4) is 0 Å². The molecule has 0 N–H and O–H groups in total. The molecule has 168 valence electrons. The third-order valence-electron chi connectivity index (χ3n) is 6.84. The van der Waals surface area contributed by atoms with Gasteiger partial charge in [-0.1, -0.05) is 30.4 Å². The molecule has 2 aromatic carbocycles. The van der Waals surface area contributed by atoms with Crippen LogP contribution in [0.5, 0.6) is 0 Å². The normalized spacial score (nSPS) is 27.1. The fourth-order valence-corrected chi connectivity index (χ4v) is 6.24. The highest BCUT2D eigenvalue weighted by Gasteiger charge is 2.53. The van der Waals surface area contributed by atoms with E-state index in [1.165, 1.54) is 40.5 Å². The van der Waals surface area contributed by atoms with Crippen LogP contribution in [-0.4, -0.2) is 22.8 Å². The predicted molar refractivity (Wildman–Crippen MR) is 120 cm³/mol. The smallest absolute Gasteiger partial charge is 0.296 e. The van der Waals surface area contributed by atoms with Crippen molar-refractivity contribution in [2.75, 3.05) is 4.90 Å². The Bertz CT molecular complexity index is 1330. The first-order valence-electron chi connectivity index (χ1n) is 11.0. The van der Waals surface area contributed by atoms with Crippen LogP contribution in [0.2, 0.25) is 0 Å². The lowest BCUT2D eigenvalue weighted by atomic mass is 9.74. The molecule has 4 atom stereocenters. The van der Waals surface area contributed by atoms with E-state index in [2.05, 4.69) is 11.9 Å². The average molecular weight is 467 g/mol. The number of ketones is 1. The second-order valence-electron chi connectivity index (χ2n) is 9.03. The first kappa shape index (κ1) is 20.5. The van der Waals surface area contributed by atoms with Crippen molar-refractivity contribution in [1.82, 2.24) is 4.98 Å². The van der Waals surface area contributed by atoms with Crippen molar-refractivity contribution in [3.05, 3.63) is 71.0 Å². The van der Waals surface area contributed by atoms with Crippen molar-refractivity contribution in [2.45, 2.75) is 38.3 Å². The molecule has 8 heteroatoms. The summed E-state index contributed by atoms with van der Waals surface area (Å²) in [5.74, 6) is -1.16. The molecule has 0 spiro atoms. The third-order valence-corrected chi connectivity index (χ3v) is 7.86. The number of amides is 1. The molecule has 3 heterocycles. The number of carbonyl (C=O) groups excluding carboxylic acids is 2. The van der Waals surface area contributed by atoms with E-state index in [9.17, 15) is 18.4 Å². The molecule has 4 unspecified atom stereocenters. The number of ether oxygens (including phenoxy) is 1. The maximum absolute atomic E-state index is 13.8. The summed E-state index contributed by atoms with van der Waals surface area (Å²) in [6, 6.07) is 9.24. The molecule has 5 nitrogen and oxygen atoms in total. The Labute approximate surface area is 192 Å². The van der Waals surface area contributed by atoms with Gasteiger partial charge in [-0.25, -0.2) is 13.8 Å². The Hall–Kier alpha value is -3.13. The fraction of sp³-hybridized carbons (Fsp3) is 0.320. The second kappa shape index (κ2) is 7.45. The van der Waals surface area contributed by atoms with Gasteiger partial charge in [-0.15, -0.1) is 0 Å². The molecule has 3 aliphatic rings. The fourth-order valence-electron chi connectivity index (χ4n) is 5.22. The summed E-state index contributed by atoms with van der Waals surface area (Å²) in [7, 11) is 0. The van der Waals surface area contributed by atoms with E-state index in [-0.39, 0.29) is 23.6 Å². The van der Waals surface area contributed by atoms with Gasteiger partial charge in [0.1, 0.15) is 17.7 Å². The standard InChI is InChI=1S/C25H20F2N2O3S/c1-12-2-9-18-16(10-12)22(30)20-21(13-3-5-14(26)6-4-13)29(24(31)23(20)32-18)25-28-17-8-7-15(27)11-19(17)33-25/h3-8,11-12,16,18,21H,2,9-10H2,1H3. The summed E-state index contributed by atoms with van der Waals surface area (Å²) >= 11 is 1.17. The number of hydrogen-bond acceptors (Lipinski definition) is 5. The minimum atomic E-state index is -0.774. The summed E-state index contributed by atoms with van der Waals surface area (Å²) < 4.78 is 34.2. The first-order chi connectivity index (χ1) is 15.9. The third kappa shape index (κ3) is 3.19. The van der Waals surface area contributed by atoms with E-state index in [1.807, 2.05) is 0 Å². The van der Waals surface area contributed by atoms with Crippen molar-refractivity contribution >= 4 is 38.4 Å². The Morgan fingerprint density at radius 1 is 1.06 bits per heavy atom. The van der Waals surface area contributed by atoms with Crippen LogP contribution >= 0.6 is 11.3 Å². The SMILES string of the molecule is CC1CCC2OC3=C(C(=O)C2C1)C(c1ccc(F)cc1)N(c1nc2ccc(F)cc2s1)C3=O. The van der Waals surface area contributed by atoms with Gasteiger partial charge in [-0.2, -0.15) is 0 Å². The van der Waals surface area contributed by atoms with Gasteiger partial charge in [-0.05, 0) is 61.1 Å². The van der Waals surface area contributed by atoms with Crippen LogP contribution < -0.4 is 4.90 Å². The summed E-state index contributed by atoms with van der Waals surface area (Å²) in [5, 5.41) is 0.345. The zero-order valence-electron chi connectivity index (χ0n) is 17.8. The van der Waals surface area contributed by atoms with Crippen molar-refractivity contribution in [2.24, 2.45) is 11.8 Å². The maximum Gasteiger partial charge on any atom is 0.296 e. The zero-order chi connectivity index (χ0) is 22.9. The zero-order valence-corrected chi connectivity index (χ0v) is 18.6. The molecule has 1 amide bonds.